The molecule has 2 aliphatic heterocycles. The van der Waals surface area contributed by atoms with E-state index in [1.807, 2.05) is 11.0 Å². The third-order valence-corrected chi connectivity index (χ3v) is 5.69. The van der Waals surface area contributed by atoms with Gasteiger partial charge in [-0.25, -0.2) is 0 Å². The van der Waals surface area contributed by atoms with Gasteiger partial charge in [-0.05, 0) is 57.9 Å². The molecule has 0 bridgehead atoms. The van der Waals surface area contributed by atoms with Crippen LogP contribution in [0.25, 0.3) is 0 Å². The van der Waals surface area contributed by atoms with Gasteiger partial charge in [-0.3, -0.25) is 14.5 Å². The zero-order valence-electron chi connectivity index (χ0n) is 14.0. The van der Waals surface area contributed by atoms with Crippen LogP contribution in [0.3, 0.4) is 0 Å². The Bertz CT molecular complexity index is 473. The fourth-order valence-corrected chi connectivity index (χ4v) is 4.37. The molecule has 2 saturated heterocycles. The SMILES string of the molecule is NC(=O)[C@@H]1CCCN1C1CCN(C(=O)C=C2CCCCC2)CC1. The number of carbonyl (C=O) groups excluding carboxylic acids is 2. The molecule has 0 aromatic heterocycles. The van der Waals surface area contributed by atoms with E-state index in [0.29, 0.717) is 6.04 Å². The molecule has 3 fully saturated rings. The number of piperidine rings is 1. The van der Waals surface area contributed by atoms with Crippen LogP contribution in [0.1, 0.15) is 57.8 Å². The average Bonchev–Trinajstić information content (AvgIpc) is 3.06. The molecule has 3 aliphatic rings. The summed E-state index contributed by atoms with van der Waals surface area (Å²) in [4.78, 5) is 28.2. The predicted molar refractivity (Wildman–Crippen MR) is 89.7 cm³/mol. The zero-order valence-corrected chi connectivity index (χ0v) is 14.0. The summed E-state index contributed by atoms with van der Waals surface area (Å²) in [5, 5.41) is 0. The first-order chi connectivity index (χ1) is 11.1. The van der Waals surface area contributed by atoms with Crippen LogP contribution in [0.4, 0.5) is 0 Å². The number of carbonyl (C=O) groups is 2. The van der Waals surface area contributed by atoms with E-state index < -0.39 is 0 Å². The molecular weight excluding hydrogens is 290 g/mol. The van der Waals surface area contributed by atoms with Crippen molar-refractivity contribution in [2.24, 2.45) is 5.73 Å². The molecule has 2 N–H and O–H groups in total. The van der Waals surface area contributed by atoms with Crippen molar-refractivity contribution in [2.75, 3.05) is 19.6 Å². The first kappa shape index (κ1) is 16.5. The molecule has 0 spiro atoms. The van der Waals surface area contributed by atoms with Crippen LogP contribution < -0.4 is 5.73 Å². The molecule has 0 aromatic rings. The summed E-state index contributed by atoms with van der Waals surface area (Å²) in [5.74, 6) is -0.00346. The number of allylic oxidation sites excluding steroid dienone is 1. The van der Waals surface area contributed by atoms with Gasteiger partial charge in [-0.1, -0.05) is 12.0 Å². The van der Waals surface area contributed by atoms with Gasteiger partial charge in [0.2, 0.25) is 11.8 Å². The monoisotopic (exact) mass is 319 g/mol. The highest BCUT2D eigenvalue weighted by molar-refractivity contribution is 5.88. The Hall–Kier alpha value is -1.36. The molecule has 2 amide bonds. The lowest BCUT2D eigenvalue weighted by atomic mass is 9.94. The van der Waals surface area contributed by atoms with Gasteiger partial charge in [0.15, 0.2) is 0 Å². The van der Waals surface area contributed by atoms with Crippen LogP contribution in [0, 0.1) is 0 Å². The van der Waals surface area contributed by atoms with Crippen molar-refractivity contribution in [3.05, 3.63) is 11.6 Å². The summed E-state index contributed by atoms with van der Waals surface area (Å²) in [6, 6.07) is 0.313. The lowest BCUT2D eigenvalue weighted by Crippen LogP contribution is -2.51. The second-order valence-electron chi connectivity index (χ2n) is 7.22. The highest BCUT2D eigenvalue weighted by atomic mass is 16.2. The molecular formula is C18H29N3O2. The summed E-state index contributed by atoms with van der Waals surface area (Å²) >= 11 is 0. The Morgan fingerprint density at radius 3 is 2.30 bits per heavy atom. The number of hydrogen-bond acceptors (Lipinski definition) is 3. The average molecular weight is 319 g/mol. The van der Waals surface area contributed by atoms with Crippen molar-refractivity contribution in [3.8, 4) is 0 Å². The number of primary amides is 1. The molecule has 0 radical (unpaired) electrons. The predicted octanol–water partition coefficient (Wildman–Crippen LogP) is 1.82. The summed E-state index contributed by atoms with van der Waals surface area (Å²) < 4.78 is 0. The van der Waals surface area contributed by atoms with E-state index in [9.17, 15) is 9.59 Å². The van der Waals surface area contributed by atoms with Crippen molar-refractivity contribution in [1.82, 2.24) is 9.80 Å². The third-order valence-electron chi connectivity index (χ3n) is 5.69. The van der Waals surface area contributed by atoms with E-state index in [2.05, 4.69) is 4.90 Å². The highest BCUT2D eigenvalue weighted by Gasteiger charge is 2.36. The first-order valence-electron chi connectivity index (χ1n) is 9.18. The fourth-order valence-electron chi connectivity index (χ4n) is 4.37. The summed E-state index contributed by atoms with van der Waals surface area (Å²) in [6.07, 6.45) is 11.7. The second-order valence-corrected chi connectivity index (χ2v) is 7.22. The highest BCUT2D eigenvalue weighted by Crippen LogP contribution is 2.27. The topological polar surface area (TPSA) is 66.6 Å². The molecule has 128 valence electrons. The molecule has 0 aromatic carbocycles. The van der Waals surface area contributed by atoms with Crippen LogP contribution in [-0.4, -0.2) is 53.3 Å². The van der Waals surface area contributed by atoms with Gasteiger partial charge < -0.3 is 10.6 Å². The number of hydrogen-bond donors (Lipinski definition) is 1. The van der Waals surface area contributed by atoms with E-state index in [4.69, 9.17) is 5.73 Å². The maximum atomic E-state index is 12.4. The van der Waals surface area contributed by atoms with Crippen LogP contribution >= 0.6 is 0 Å². The van der Waals surface area contributed by atoms with E-state index >= 15 is 0 Å². The lowest BCUT2D eigenvalue weighted by Gasteiger charge is -2.38. The molecule has 1 saturated carbocycles. The molecule has 2 heterocycles. The van der Waals surface area contributed by atoms with Crippen molar-refractivity contribution >= 4 is 11.8 Å². The molecule has 1 atom stereocenters. The normalized spacial score (nSPS) is 27.2. The van der Waals surface area contributed by atoms with Gasteiger partial charge in [-0.2, -0.15) is 0 Å². The second kappa shape index (κ2) is 7.47. The quantitative estimate of drug-likeness (QED) is 0.807. The molecule has 3 rings (SSSR count). The van der Waals surface area contributed by atoms with Gasteiger partial charge in [0.05, 0.1) is 6.04 Å². The van der Waals surface area contributed by atoms with Gasteiger partial charge in [-0.15, -0.1) is 0 Å². The van der Waals surface area contributed by atoms with E-state index in [0.717, 1.165) is 58.2 Å². The van der Waals surface area contributed by atoms with Crippen LogP contribution in [0.15, 0.2) is 11.6 Å². The van der Waals surface area contributed by atoms with Crippen molar-refractivity contribution < 1.29 is 9.59 Å². The maximum absolute atomic E-state index is 12.4. The molecule has 5 heteroatoms. The van der Waals surface area contributed by atoms with Crippen LogP contribution in [0.5, 0.6) is 0 Å². The fraction of sp³-hybridized carbons (Fsp3) is 0.778. The van der Waals surface area contributed by atoms with E-state index in [1.54, 1.807) is 0 Å². The third kappa shape index (κ3) is 3.94. The largest absolute Gasteiger partial charge is 0.368 e. The number of nitrogens with two attached hydrogens (primary N) is 1. The number of likely N-dealkylation sites (tertiary alicyclic amines) is 2. The number of amides is 2. The summed E-state index contributed by atoms with van der Waals surface area (Å²) in [5.41, 5.74) is 6.85. The van der Waals surface area contributed by atoms with Gasteiger partial charge in [0.25, 0.3) is 0 Å². The number of rotatable bonds is 3. The summed E-state index contributed by atoms with van der Waals surface area (Å²) in [7, 11) is 0. The van der Waals surface area contributed by atoms with Gasteiger partial charge in [0.1, 0.15) is 0 Å². The first-order valence-corrected chi connectivity index (χ1v) is 9.18. The van der Waals surface area contributed by atoms with E-state index in [1.165, 1.54) is 24.8 Å². The summed E-state index contributed by atoms with van der Waals surface area (Å²) in [6.45, 7) is 2.57. The standard InChI is InChI=1S/C18H29N3O2/c19-18(23)16-7-4-10-21(16)15-8-11-20(12-9-15)17(22)13-14-5-2-1-3-6-14/h13,15-16H,1-12H2,(H2,19,23)/t16-/m0/s1. The maximum Gasteiger partial charge on any atom is 0.246 e. The lowest BCUT2D eigenvalue weighted by molar-refractivity contribution is -0.129. The Morgan fingerprint density at radius 2 is 1.65 bits per heavy atom. The molecule has 23 heavy (non-hydrogen) atoms. The smallest absolute Gasteiger partial charge is 0.246 e. The van der Waals surface area contributed by atoms with Crippen molar-refractivity contribution in [3.63, 3.8) is 0 Å². The minimum atomic E-state index is -0.192. The Kier molecular flexibility index (Phi) is 5.36. The minimum absolute atomic E-state index is 0.0911. The van der Waals surface area contributed by atoms with Gasteiger partial charge >= 0.3 is 0 Å². The Balaban J connectivity index is 1.52. The van der Waals surface area contributed by atoms with Crippen LogP contribution in [-0.2, 0) is 9.59 Å². The van der Waals surface area contributed by atoms with Crippen LogP contribution in [0.2, 0.25) is 0 Å². The van der Waals surface area contributed by atoms with Crippen molar-refractivity contribution in [2.45, 2.75) is 69.9 Å². The molecule has 5 nitrogen and oxygen atoms in total. The van der Waals surface area contributed by atoms with Gasteiger partial charge in [0, 0.05) is 25.2 Å². The Morgan fingerprint density at radius 1 is 0.957 bits per heavy atom. The minimum Gasteiger partial charge on any atom is -0.368 e. The van der Waals surface area contributed by atoms with Crippen molar-refractivity contribution in [1.29, 1.82) is 0 Å². The zero-order chi connectivity index (χ0) is 16.2. The number of nitrogens with zero attached hydrogens (tertiary/aromatic N) is 2. The van der Waals surface area contributed by atoms with E-state index in [-0.39, 0.29) is 17.9 Å². The molecule has 1 aliphatic carbocycles. The Labute approximate surface area is 138 Å². The molecule has 0 unspecified atom stereocenters.